The van der Waals surface area contributed by atoms with Crippen molar-refractivity contribution in [1.82, 2.24) is 5.43 Å². The number of nitrogens with one attached hydrogen (secondary N) is 2. The van der Waals surface area contributed by atoms with Crippen molar-refractivity contribution in [2.75, 3.05) is 37.6 Å². The summed E-state index contributed by atoms with van der Waals surface area (Å²) in [5.74, 6) is 0.617. The van der Waals surface area contributed by atoms with Crippen LogP contribution in [0.15, 0.2) is 58.2 Å². The largest absolute Gasteiger partial charge is 0.463 e. The molecule has 2 N–H and O–H groups in total. The third kappa shape index (κ3) is 4.93. The fraction of sp³-hybridized carbons (Fsp3) is 0.368. The first-order valence-electron chi connectivity index (χ1n) is 8.73. The third-order valence-electron chi connectivity index (χ3n) is 4.52. The fourth-order valence-electron chi connectivity index (χ4n) is 3.00. The van der Waals surface area contributed by atoms with Crippen LogP contribution in [0.3, 0.4) is 0 Å². The Morgan fingerprint density at radius 3 is 2.64 bits per heavy atom. The smallest absolute Gasteiger partial charge is 0.245 e. The molecule has 0 bridgehead atoms. The zero-order valence-electron chi connectivity index (χ0n) is 14.6. The second-order valence-electron chi connectivity index (χ2n) is 6.28. The molecule has 1 saturated heterocycles. The summed E-state index contributed by atoms with van der Waals surface area (Å²) in [7, 11) is 0. The van der Waals surface area contributed by atoms with Crippen LogP contribution >= 0.6 is 0 Å². The average molecular weight is 341 g/mol. The normalized spacial score (nSPS) is 16.0. The monoisotopic (exact) mass is 341 g/mol. The molecule has 1 fully saturated rings. The standard InChI is InChI=1S/C19H24N4O2/c1-16(18-8-5-15-25-18)20-21-19(24)9-10-22-11-13-23(14-12-22)17-6-3-2-4-7-17/h2-8,15H,9-14H2,1H3,(H,21,24)/p+1/b20-16-. The predicted molar refractivity (Wildman–Crippen MR) is 97.9 cm³/mol. The minimum absolute atomic E-state index is 0.0519. The Balaban J connectivity index is 1.38. The molecular weight excluding hydrogens is 316 g/mol. The van der Waals surface area contributed by atoms with Crippen LogP contribution < -0.4 is 15.2 Å². The molecule has 6 nitrogen and oxygen atoms in total. The molecule has 25 heavy (non-hydrogen) atoms. The van der Waals surface area contributed by atoms with E-state index in [0.717, 1.165) is 32.7 Å². The van der Waals surface area contributed by atoms with E-state index in [1.807, 2.05) is 19.1 Å². The molecular formula is C19H25N4O2+. The molecule has 0 unspecified atom stereocenters. The quantitative estimate of drug-likeness (QED) is 0.607. The van der Waals surface area contributed by atoms with E-state index < -0.39 is 0 Å². The van der Waals surface area contributed by atoms with Gasteiger partial charge in [-0.1, -0.05) is 18.2 Å². The number of anilines is 1. The van der Waals surface area contributed by atoms with E-state index >= 15 is 0 Å². The molecule has 0 atom stereocenters. The minimum atomic E-state index is -0.0519. The first-order chi connectivity index (χ1) is 12.2. The number of benzene rings is 1. The van der Waals surface area contributed by atoms with Crippen molar-refractivity contribution < 1.29 is 14.1 Å². The first kappa shape index (κ1) is 17.2. The predicted octanol–water partition coefficient (Wildman–Crippen LogP) is 0.915. The Morgan fingerprint density at radius 2 is 1.96 bits per heavy atom. The summed E-state index contributed by atoms with van der Waals surface area (Å²) in [5, 5.41) is 4.09. The molecule has 132 valence electrons. The number of carbonyl (C=O) groups is 1. The van der Waals surface area contributed by atoms with Gasteiger partial charge in [0.1, 0.15) is 11.5 Å². The third-order valence-corrected chi connectivity index (χ3v) is 4.52. The lowest BCUT2D eigenvalue weighted by atomic mass is 10.2. The summed E-state index contributed by atoms with van der Waals surface area (Å²) in [4.78, 5) is 15.8. The van der Waals surface area contributed by atoms with Crippen LogP contribution in [-0.2, 0) is 4.79 Å². The van der Waals surface area contributed by atoms with Gasteiger partial charge in [0, 0.05) is 5.69 Å². The zero-order chi connectivity index (χ0) is 17.5. The van der Waals surface area contributed by atoms with Gasteiger partial charge >= 0.3 is 0 Å². The van der Waals surface area contributed by atoms with Crippen molar-refractivity contribution in [2.45, 2.75) is 13.3 Å². The minimum Gasteiger partial charge on any atom is -0.463 e. The number of nitrogens with zero attached hydrogens (tertiary/aromatic N) is 2. The average Bonchev–Trinajstić information content (AvgIpc) is 3.20. The SMILES string of the molecule is C/C(=N/NC(=O)CC[NH+]1CCN(c2ccccc2)CC1)c1ccco1. The number of hydrogen-bond donors (Lipinski definition) is 2. The van der Waals surface area contributed by atoms with Crippen molar-refractivity contribution in [2.24, 2.45) is 5.10 Å². The highest BCUT2D eigenvalue weighted by Gasteiger charge is 2.20. The second-order valence-corrected chi connectivity index (χ2v) is 6.28. The zero-order valence-corrected chi connectivity index (χ0v) is 14.6. The van der Waals surface area contributed by atoms with Gasteiger partial charge in [-0.15, -0.1) is 0 Å². The van der Waals surface area contributed by atoms with Crippen LogP contribution in [0.4, 0.5) is 5.69 Å². The number of hydrogen-bond acceptors (Lipinski definition) is 4. The maximum Gasteiger partial charge on any atom is 0.245 e. The van der Waals surface area contributed by atoms with Crippen molar-refractivity contribution in [3.63, 3.8) is 0 Å². The highest BCUT2D eigenvalue weighted by Crippen LogP contribution is 2.12. The van der Waals surface area contributed by atoms with E-state index in [2.05, 4.69) is 39.7 Å². The van der Waals surface area contributed by atoms with Crippen LogP contribution in [0, 0.1) is 0 Å². The molecule has 0 radical (unpaired) electrons. The molecule has 1 aromatic carbocycles. The number of amides is 1. The molecule has 1 amide bonds. The highest BCUT2D eigenvalue weighted by molar-refractivity contribution is 5.96. The second kappa shape index (κ2) is 8.48. The Labute approximate surface area is 148 Å². The lowest BCUT2D eigenvalue weighted by molar-refractivity contribution is -0.900. The van der Waals surface area contributed by atoms with E-state index in [1.165, 1.54) is 10.6 Å². The number of furan rings is 1. The van der Waals surface area contributed by atoms with Gasteiger partial charge in [-0.2, -0.15) is 5.10 Å². The van der Waals surface area contributed by atoms with E-state index in [1.54, 1.807) is 12.3 Å². The van der Waals surface area contributed by atoms with E-state index in [4.69, 9.17) is 4.42 Å². The van der Waals surface area contributed by atoms with Crippen molar-refractivity contribution >= 4 is 17.3 Å². The molecule has 1 aromatic heterocycles. The summed E-state index contributed by atoms with van der Waals surface area (Å²) in [5.41, 5.74) is 4.56. The first-order valence-corrected chi connectivity index (χ1v) is 8.73. The van der Waals surface area contributed by atoms with Gasteiger partial charge in [-0.3, -0.25) is 4.79 Å². The highest BCUT2D eigenvalue weighted by atomic mass is 16.3. The molecule has 1 aliphatic rings. The van der Waals surface area contributed by atoms with Gasteiger partial charge in [0.2, 0.25) is 5.91 Å². The number of carbonyl (C=O) groups excluding carboxylic acids is 1. The number of rotatable bonds is 6. The maximum atomic E-state index is 12.0. The maximum absolute atomic E-state index is 12.0. The Bertz CT molecular complexity index is 689. The fourth-order valence-corrected chi connectivity index (χ4v) is 3.00. The lowest BCUT2D eigenvalue weighted by Crippen LogP contribution is -3.15. The molecule has 0 saturated carbocycles. The molecule has 6 heteroatoms. The topological polar surface area (TPSA) is 62.3 Å². The molecule has 1 aliphatic heterocycles. The van der Waals surface area contributed by atoms with Crippen LogP contribution in [0.5, 0.6) is 0 Å². The van der Waals surface area contributed by atoms with Gasteiger partial charge in [0.05, 0.1) is 45.4 Å². The van der Waals surface area contributed by atoms with Gasteiger partial charge in [0.15, 0.2) is 0 Å². The molecule has 0 spiro atoms. The van der Waals surface area contributed by atoms with Crippen molar-refractivity contribution in [1.29, 1.82) is 0 Å². The Kier molecular flexibility index (Phi) is 5.85. The Morgan fingerprint density at radius 1 is 1.20 bits per heavy atom. The lowest BCUT2D eigenvalue weighted by Gasteiger charge is -2.33. The van der Waals surface area contributed by atoms with Gasteiger partial charge < -0.3 is 14.2 Å². The van der Waals surface area contributed by atoms with Gasteiger partial charge in [-0.05, 0) is 31.2 Å². The van der Waals surface area contributed by atoms with Crippen LogP contribution in [0.25, 0.3) is 0 Å². The van der Waals surface area contributed by atoms with Crippen molar-refractivity contribution in [3.8, 4) is 0 Å². The van der Waals surface area contributed by atoms with E-state index in [-0.39, 0.29) is 5.91 Å². The summed E-state index contributed by atoms with van der Waals surface area (Å²) in [6.07, 6.45) is 2.07. The Hall–Kier alpha value is -2.60. The van der Waals surface area contributed by atoms with Crippen LogP contribution in [0.2, 0.25) is 0 Å². The molecule has 0 aliphatic carbocycles. The van der Waals surface area contributed by atoms with Crippen LogP contribution in [-0.4, -0.2) is 44.3 Å². The molecule has 3 rings (SSSR count). The summed E-state index contributed by atoms with van der Waals surface area (Å²) < 4.78 is 5.24. The summed E-state index contributed by atoms with van der Waals surface area (Å²) in [6, 6.07) is 14.1. The summed E-state index contributed by atoms with van der Waals surface area (Å²) in [6.45, 7) is 6.80. The van der Waals surface area contributed by atoms with E-state index in [9.17, 15) is 4.79 Å². The van der Waals surface area contributed by atoms with Gasteiger partial charge in [-0.25, -0.2) is 5.43 Å². The van der Waals surface area contributed by atoms with Crippen molar-refractivity contribution in [3.05, 3.63) is 54.5 Å². The number of quaternary nitrogens is 1. The molecule has 2 aromatic rings. The molecule has 2 heterocycles. The summed E-state index contributed by atoms with van der Waals surface area (Å²) >= 11 is 0. The number of para-hydroxylation sites is 1. The number of piperazine rings is 1. The van der Waals surface area contributed by atoms with Gasteiger partial charge in [0.25, 0.3) is 0 Å². The van der Waals surface area contributed by atoms with E-state index in [0.29, 0.717) is 17.9 Å². The van der Waals surface area contributed by atoms with Crippen LogP contribution in [0.1, 0.15) is 19.1 Å². The number of hydrazone groups is 1.